The highest BCUT2D eigenvalue weighted by atomic mass is 32.2. The van der Waals surface area contributed by atoms with E-state index in [4.69, 9.17) is 0 Å². The van der Waals surface area contributed by atoms with Crippen molar-refractivity contribution in [3.63, 3.8) is 0 Å². The fourth-order valence-electron chi connectivity index (χ4n) is 2.59. The molecule has 7 nitrogen and oxygen atoms in total. The summed E-state index contributed by atoms with van der Waals surface area (Å²) in [7, 11) is -2.22. The molecule has 1 aromatic carbocycles. The van der Waals surface area contributed by atoms with E-state index >= 15 is 0 Å². The van der Waals surface area contributed by atoms with Crippen LogP contribution in [0.1, 0.15) is 26.2 Å². The Bertz CT molecular complexity index is 645. The first-order chi connectivity index (χ1) is 9.87. The highest BCUT2D eigenvalue weighted by Crippen LogP contribution is 2.32. The van der Waals surface area contributed by atoms with Crippen molar-refractivity contribution in [3.8, 4) is 0 Å². The topological polar surface area (TPSA) is 92.6 Å². The summed E-state index contributed by atoms with van der Waals surface area (Å²) >= 11 is 0. The van der Waals surface area contributed by atoms with E-state index in [2.05, 4.69) is 5.32 Å². The first kappa shape index (κ1) is 15.7. The van der Waals surface area contributed by atoms with Crippen LogP contribution in [0.4, 0.5) is 11.4 Å². The number of nitrogens with one attached hydrogen (secondary N) is 1. The minimum atomic E-state index is -3.85. The number of nitro groups is 1. The Balaban J connectivity index is 2.51. The first-order valence-corrected chi connectivity index (χ1v) is 8.30. The number of hydrogen-bond acceptors (Lipinski definition) is 5. The lowest BCUT2D eigenvalue weighted by atomic mass is 10.1. The highest BCUT2D eigenvalue weighted by molar-refractivity contribution is 7.89. The van der Waals surface area contributed by atoms with Crippen LogP contribution in [0, 0.1) is 10.1 Å². The number of benzene rings is 1. The average Bonchev–Trinajstić information content (AvgIpc) is 2.46. The van der Waals surface area contributed by atoms with Crippen molar-refractivity contribution < 1.29 is 13.3 Å². The van der Waals surface area contributed by atoms with Gasteiger partial charge in [0, 0.05) is 31.4 Å². The molecule has 0 aliphatic carbocycles. The number of sulfonamides is 1. The normalized spacial score (nSPS) is 20.2. The second-order valence-corrected chi connectivity index (χ2v) is 7.01. The Hall–Kier alpha value is -1.67. The van der Waals surface area contributed by atoms with Gasteiger partial charge < -0.3 is 5.32 Å². The van der Waals surface area contributed by atoms with Gasteiger partial charge in [-0.2, -0.15) is 4.31 Å². The van der Waals surface area contributed by atoms with Gasteiger partial charge in [-0.3, -0.25) is 10.1 Å². The third-order valence-electron chi connectivity index (χ3n) is 3.77. The van der Waals surface area contributed by atoms with Gasteiger partial charge in [0.25, 0.3) is 5.69 Å². The number of rotatable bonds is 4. The smallest absolute Gasteiger partial charge is 0.291 e. The maximum absolute atomic E-state index is 12.7. The summed E-state index contributed by atoms with van der Waals surface area (Å²) in [5, 5.41) is 14.0. The number of nitro benzene ring substituents is 1. The minimum Gasteiger partial charge on any atom is -0.388 e. The zero-order valence-electron chi connectivity index (χ0n) is 12.1. The molecule has 0 aromatic heterocycles. The molecule has 0 amide bonds. The summed E-state index contributed by atoms with van der Waals surface area (Å²) in [6, 6.07) is 3.96. The quantitative estimate of drug-likeness (QED) is 0.679. The van der Waals surface area contributed by atoms with Gasteiger partial charge in [0.1, 0.15) is 0 Å². The molecule has 0 saturated carbocycles. The summed E-state index contributed by atoms with van der Waals surface area (Å²) in [6.07, 6.45) is 2.54. The van der Waals surface area contributed by atoms with E-state index in [0.717, 1.165) is 19.3 Å². The van der Waals surface area contributed by atoms with E-state index < -0.39 is 14.9 Å². The maximum Gasteiger partial charge on any atom is 0.291 e. The second kappa shape index (κ2) is 5.98. The molecule has 1 heterocycles. The van der Waals surface area contributed by atoms with Gasteiger partial charge in [-0.25, -0.2) is 8.42 Å². The zero-order chi connectivity index (χ0) is 15.6. The molecule has 2 rings (SSSR count). The van der Waals surface area contributed by atoms with Crippen LogP contribution >= 0.6 is 0 Å². The van der Waals surface area contributed by atoms with Crippen molar-refractivity contribution in [1.29, 1.82) is 0 Å². The van der Waals surface area contributed by atoms with Crippen molar-refractivity contribution in [3.05, 3.63) is 28.3 Å². The van der Waals surface area contributed by atoms with Crippen LogP contribution in [0.15, 0.2) is 23.1 Å². The van der Waals surface area contributed by atoms with Crippen molar-refractivity contribution in [2.45, 2.75) is 37.1 Å². The summed E-state index contributed by atoms with van der Waals surface area (Å²) in [5.41, 5.74) is 0.118. The van der Waals surface area contributed by atoms with E-state index in [9.17, 15) is 18.5 Å². The molecule has 1 N–H and O–H groups in total. The van der Waals surface area contributed by atoms with Crippen LogP contribution in [0.3, 0.4) is 0 Å². The Labute approximate surface area is 124 Å². The van der Waals surface area contributed by atoms with E-state index in [0.29, 0.717) is 12.2 Å². The fraction of sp³-hybridized carbons (Fsp3) is 0.538. The number of hydrogen-bond donors (Lipinski definition) is 1. The first-order valence-electron chi connectivity index (χ1n) is 6.86. The monoisotopic (exact) mass is 313 g/mol. The number of anilines is 1. The van der Waals surface area contributed by atoms with Crippen molar-refractivity contribution in [1.82, 2.24) is 4.31 Å². The van der Waals surface area contributed by atoms with Gasteiger partial charge >= 0.3 is 0 Å². The SMILES string of the molecule is CNc1ccc(S(=O)(=O)N2CCCCC2C)c([N+](=O)[O-])c1. The van der Waals surface area contributed by atoms with Crippen molar-refractivity contribution in [2.24, 2.45) is 0 Å². The van der Waals surface area contributed by atoms with Crippen LogP contribution in [0.5, 0.6) is 0 Å². The third-order valence-corrected chi connectivity index (χ3v) is 5.83. The van der Waals surface area contributed by atoms with E-state index in [1.165, 1.54) is 22.5 Å². The molecule has 1 aromatic rings. The fourth-order valence-corrected chi connectivity index (χ4v) is 4.43. The molecule has 1 aliphatic rings. The van der Waals surface area contributed by atoms with Crippen LogP contribution < -0.4 is 5.32 Å². The van der Waals surface area contributed by atoms with E-state index in [-0.39, 0.29) is 16.6 Å². The van der Waals surface area contributed by atoms with Gasteiger partial charge in [-0.15, -0.1) is 0 Å². The Morgan fingerprint density at radius 2 is 2.10 bits per heavy atom. The molecule has 1 aliphatic heterocycles. The lowest BCUT2D eigenvalue weighted by molar-refractivity contribution is -0.387. The summed E-state index contributed by atoms with van der Waals surface area (Å²) in [5.74, 6) is 0. The molecule has 0 radical (unpaired) electrons. The molecule has 0 spiro atoms. The minimum absolute atomic E-state index is 0.132. The number of nitrogens with zero attached hydrogens (tertiary/aromatic N) is 2. The van der Waals surface area contributed by atoms with Crippen molar-refractivity contribution >= 4 is 21.4 Å². The molecule has 8 heteroatoms. The molecule has 1 fully saturated rings. The zero-order valence-corrected chi connectivity index (χ0v) is 12.9. The Morgan fingerprint density at radius 3 is 2.67 bits per heavy atom. The molecular formula is C13H19N3O4S. The predicted molar refractivity (Wildman–Crippen MR) is 79.8 cm³/mol. The largest absolute Gasteiger partial charge is 0.388 e. The maximum atomic E-state index is 12.7. The standard InChI is InChI=1S/C13H19N3O4S/c1-10-5-3-4-8-15(10)21(19,20)13-7-6-11(14-2)9-12(13)16(17)18/h6-7,9-10,14H,3-5,8H2,1-2H3. The summed E-state index contributed by atoms with van der Waals surface area (Å²) < 4.78 is 26.8. The van der Waals surface area contributed by atoms with Gasteiger partial charge in [0.15, 0.2) is 4.90 Å². The third kappa shape index (κ3) is 3.01. The van der Waals surface area contributed by atoms with Crippen molar-refractivity contribution in [2.75, 3.05) is 18.9 Å². The summed E-state index contributed by atoms with van der Waals surface area (Å²) in [4.78, 5) is 10.3. The lowest BCUT2D eigenvalue weighted by Crippen LogP contribution is -2.42. The van der Waals surface area contributed by atoms with Crippen LogP contribution in [-0.2, 0) is 10.0 Å². The molecule has 1 atom stereocenters. The molecule has 0 bridgehead atoms. The van der Waals surface area contributed by atoms with Gasteiger partial charge in [-0.1, -0.05) is 6.42 Å². The molecule has 21 heavy (non-hydrogen) atoms. The second-order valence-electron chi connectivity index (χ2n) is 5.15. The van der Waals surface area contributed by atoms with E-state index in [1.807, 2.05) is 6.92 Å². The number of piperidine rings is 1. The average molecular weight is 313 g/mol. The molecule has 1 unspecified atom stereocenters. The summed E-state index contributed by atoms with van der Waals surface area (Å²) in [6.45, 7) is 2.25. The van der Waals surface area contributed by atoms with E-state index in [1.54, 1.807) is 7.05 Å². The van der Waals surface area contributed by atoms with Crippen LogP contribution in [0.25, 0.3) is 0 Å². The Kier molecular flexibility index (Phi) is 4.48. The predicted octanol–water partition coefficient (Wildman–Crippen LogP) is 2.20. The molecule has 116 valence electrons. The molecule has 1 saturated heterocycles. The van der Waals surface area contributed by atoms with Crippen LogP contribution in [0.2, 0.25) is 0 Å². The van der Waals surface area contributed by atoms with Gasteiger partial charge in [-0.05, 0) is 31.9 Å². The molecular weight excluding hydrogens is 294 g/mol. The van der Waals surface area contributed by atoms with Crippen LogP contribution in [-0.4, -0.2) is 37.3 Å². The van der Waals surface area contributed by atoms with Gasteiger partial charge in [0.05, 0.1) is 4.92 Å². The lowest BCUT2D eigenvalue weighted by Gasteiger charge is -2.32. The highest BCUT2D eigenvalue weighted by Gasteiger charge is 2.35. The van der Waals surface area contributed by atoms with Gasteiger partial charge in [0.2, 0.25) is 10.0 Å². The Morgan fingerprint density at radius 1 is 1.38 bits per heavy atom.